The molecular weight excluding hydrogens is 158 g/mol. The maximum absolute atomic E-state index is 3.77. The molecule has 1 heteroatoms. The highest BCUT2D eigenvalue weighted by Gasteiger charge is 2.34. The molecule has 0 aromatic heterocycles. The van der Waals surface area contributed by atoms with Gasteiger partial charge in [-0.05, 0) is 43.6 Å². The van der Waals surface area contributed by atoms with Gasteiger partial charge >= 0.3 is 0 Å². The van der Waals surface area contributed by atoms with Crippen LogP contribution in [0.5, 0.6) is 0 Å². The summed E-state index contributed by atoms with van der Waals surface area (Å²) in [6.45, 7) is 6.01. The molecule has 2 aliphatic rings. The van der Waals surface area contributed by atoms with E-state index in [1.54, 1.807) is 0 Å². The van der Waals surface area contributed by atoms with Gasteiger partial charge in [-0.3, -0.25) is 0 Å². The van der Waals surface area contributed by atoms with E-state index in [4.69, 9.17) is 0 Å². The van der Waals surface area contributed by atoms with Crippen molar-refractivity contribution in [3.63, 3.8) is 0 Å². The first kappa shape index (κ1) is 9.51. The second-order valence-electron chi connectivity index (χ2n) is 5.09. The monoisotopic (exact) mass is 181 g/mol. The van der Waals surface area contributed by atoms with Crippen LogP contribution in [-0.4, -0.2) is 12.6 Å². The quantitative estimate of drug-likeness (QED) is 0.703. The smallest absolute Gasteiger partial charge is 0.00953 e. The van der Waals surface area contributed by atoms with Gasteiger partial charge < -0.3 is 5.32 Å². The van der Waals surface area contributed by atoms with Gasteiger partial charge in [0.15, 0.2) is 0 Å². The standard InChI is InChI=1S/C12H23N/c1-3-10-5-4-6-12(10)13-8-11-7-9(11)2/h9-13H,3-8H2,1-2H3. The summed E-state index contributed by atoms with van der Waals surface area (Å²) >= 11 is 0. The number of rotatable bonds is 4. The first-order valence-corrected chi connectivity index (χ1v) is 6.04. The average Bonchev–Trinajstić information content (AvgIpc) is 2.68. The number of hydrogen-bond acceptors (Lipinski definition) is 1. The molecule has 2 aliphatic carbocycles. The lowest BCUT2D eigenvalue weighted by Gasteiger charge is -2.19. The third-order valence-electron chi connectivity index (χ3n) is 4.10. The second kappa shape index (κ2) is 4.00. The molecule has 2 rings (SSSR count). The molecular formula is C12H23N. The lowest BCUT2D eigenvalue weighted by molar-refractivity contribution is 0.382. The molecule has 1 nitrogen and oxygen atoms in total. The minimum atomic E-state index is 0.859. The number of hydrogen-bond donors (Lipinski definition) is 1. The minimum absolute atomic E-state index is 0.859. The minimum Gasteiger partial charge on any atom is -0.313 e. The average molecular weight is 181 g/mol. The van der Waals surface area contributed by atoms with Crippen molar-refractivity contribution in [2.45, 2.75) is 52.0 Å². The molecule has 0 bridgehead atoms. The maximum atomic E-state index is 3.77. The van der Waals surface area contributed by atoms with Crippen molar-refractivity contribution in [1.82, 2.24) is 5.32 Å². The van der Waals surface area contributed by atoms with Gasteiger partial charge in [0.1, 0.15) is 0 Å². The van der Waals surface area contributed by atoms with Gasteiger partial charge in [0, 0.05) is 6.04 Å². The summed E-state index contributed by atoms with van der Waals surface area (Å²) in [6.07, 6.45) is 7.19. The lowest BCUT2D eigenvalue weighted by Crippen LogP contribution is -2.33. The summed E-state index contributed by atoms with van der Waals surface area (Å²) in [4.78, 5) is 0. The highest BCUT2D eigenvalue weighted by molar-refractivity contribution is 4.88. The van der Waals surface area contributed by atoms with Crippen molar-refractivity contribution in [2.75, 3.05) is 6.54 Å². The SMILES string of the molecule is CCC1CCCC1NCC1CC1C. The molecule has 0 aliphatic heterocycles. The fraction of sp³-hybridized carbons (Fsp3) is 1.00. The van der Waals surface area contributed by atoms with Gasteiger partial charge in [-0.15, -0.1) is 0 Å². The summed E-state index contributed by atoms with van der Waals surface area (Å²) in [6, 6.07) is 0.859. The molecule has 0 radical (unpaired) electrons. The van der Waals surface area contributed by atoms with Crippen LogP contribution in [0.3, 0.4) is 0 Å². The predicted octanol–water partition coefficient (Wildman–Crippen LogP) is 2.81. The third-order valence-corrected chi connectivity index (χ3v) is 4.10. The second-order valence-corrected chi connectivity index (χ2v) is 5.09. The molecule has 0 aromatic carbocycles. The Bertz CT molecular complexity index is 167. The fourth-order valence-corrected chi connectivity index (χ4v) is 2.78. The first-order chi connectivity index (χ1) is 6.31. The molecule has 0 heterocycles. The van der Waals surface area contributed by atoms with E-state index >= 15 is 0 Å². The molecule has 1 N–H and O–H groups in total. The van der Waals surface area contributed by atoms with Crippen LogP contribution >= 0.6 is 0 Å². The Morgan fingerprint density at radius 3 is 2.62 bits per heavy atom. The molecule has 0 amide bonds. The van der Waals surface area contributed by atoms with Crippen LogP contribution in [0.25, 0.3) is 0 Å². The van der Waals surface area contributed by atoms with Gasteiger partial charge in [-0.25, -0.2) is 0 Å². The molecule has 0 spiro atoms. The van der Waals surface area contributed by atoms with E-state index in [0.29, 0.717) is 0 Å². The number of nitrogens with one attached hydrogen (secondary N) is 1. The van der Waals surface area contributed by atoms with Crippen LogP contribution in [0.15, 0.2) is 0 Å². The Morgan fingerprint density at radius 1 is 1.23 bits per heavy atom. The summed E-state index contributed by atoms with van der Waals surface area (Å²) in [5.74, 6) is 3.00. The van der Waals surface area contributed by atoms with E-state index in [0.717, 1.165) is 23.8 Å². The molecule has 0 aromatic rings. The van der Waals surface area contributed by atoms with Crippen LogP contribution in [0.4, 0.5) is 0 Å². The Kier molecular flexibility index (Phi) is 2.92. The zero-order valence-electron chi connectivity index (χ0n) is 9.05. The van der Waals surface area contributed by atoms with Crippen molar-refractivity contribution in [3.8, 4) is 0 Å². The van der Waals surface area contributed by atoms with Crippen LogP contribution in [0, 0.1) is 17.8 Å². The Balaban J connectivity index is 1.68. The van der Waals surface area contributed by atoms with Crippen LogP contribution in [0.1, 0.15) is 46.0 Å². The topological polar surface area (TPSA) is 12.0 Å². The lowest BCUT2D eigenvalue weighted by atomic mass is 10.0. The fourth-order valence-electron chi connectivity index (χ4n) is 2.78. The van der Waals surface area contributed by atoms with E-state index in [1.165, 1.54) is 38.6 Å². The van der Waals surface area contributed by atoms with Gasteiger partial charge in [0.25, 0.3) is 0 Å². The van der Waals surface area contributed by atoms with Crippen LogP contribution in [-0.2, 0) is 0 Å². The van der Waals surface area contributed by atoms with Crippen molar-refractivity contribution in [1.29, 1.82) is 0 Å². The maximum Gasteiger partial charge on any atom is 0.00953 e. The van der Waals surface area contributed by atoms with Crippen LogP contribution in [0.2, 0.25) is 0 Å². The zero-order valence-corrected chi connectivity index (χ0v) is 9.05. The largest absolute Gasteiger partial charge is 0.313 e. The molecule has 4 unspecified atom stereocenters. The van der Waals surface area contributed by atoms with Crippen molar-refractivity contribution in [2.24, 2.45) is 17.8 Å². The Hall–Kier alpha value is -0.0400. The molecule has 2 fully saturated rings. The van der Waals surface area contributed by atoms with E-state index in [-0.39, 0.29) is 0 Å². The van der Waals surface area contributed by atoms with Crippen LogP contribution < -0.4 is 5.32 Å². The van der Waals surface area contributed by atoms with E-state index in [1.807, 2.05) is 0 Å². The summed E-state index contributed by atoms with van der Waals surface area (Å²) in [5, 5.41) is 3.77. The first-order valence-electron chi connectivity index (χ1n) is 6.04. The molecule has 2 saturated carbocycles. The van der Waals surface area contributed by atoms with E-state index < -0.39 is 0 Å². The van der Waals surface area contributed by atoms with Gasteiger partial charge in [0.2, 0.25) is 0 Å². The third kappa shape index (κ3) is 2.25. The molecule has 13 heavy (non-hydrogen) atoms. The van der Waals surface area contributed by atoms with Gasteiger partial charge in [-0.2, -0.15) is 0 Å². The summed E-state index contributed by atoms with van der Waals surface area (Å²) in [7, 11) is 0. The van der Waals surface area contributed by atoms with Crippen molar-refractivity contribution in [3.05, 3.63) is 0 Å². The molecule has 4 atom stereocenters. The van der Waals surface area contributed by atoms with E-state index in [9.17, 15) is 0 Å². The zero-order chi connectivity index (χ0) is 9.26. The molecule has 0 saturated heterocycles. The predicted molar refractivity (Wildman–Crippen MR) is 56.7 cm³/mol. The normalized spacial score (nSPS) is 43.8. The Morgan fingerprint density at radius 2 is 2.00 bits per heavy atom. The Labute approximate surface area is 82.3 Å². The van der Waals surface area contributed by atoms with Crippen molar-refractivity contribution < 1.29 is 0 Å². The van der Waals surface area contributed by atoms with Crippen molar-refractivity contribution >= 4 is 0 Å². The highest BCUT2D eigenvalue weighted by atomic mass is 14.9. The van der Waals surface area contributed by atoms with E-state index in [2.05, 4.69) is 19.2 Å². The summed E-state index contributed by atoms with van der Waals surface area (Å²) in [5.41, 5.74) is 0. The summed E-state index contributed by atoms with van der Waals surface area (Å²) < 4.78 is 0. The van der Waals surface area contributed by atoms with Gasteiger partial charge in [-0.1, -0.05) is 26.7 Å². The molecule has 76 valence electrons. The highest BCUT2D eigenvalue weighted by Crippen LogP contribution is 2.37. The van der Waals surface area contributed by atoms with Gasteiger partial charge in [0.05, 0.1) is 0 Å².